The molecule has 2 aromatic carbocycles. The molecule has 0 saturated carbocycles. The van der Waals surface area contributed by atoms with Crippen LogP contribution in [0.25, 0.3) is 0 Å². The summed E-state index contributed by atoms with van der Waals surface area (Å²) in [6.07, 6.45) is 0. The van der Waals surface area contributed by atoms with E-state index in [4.69, 9.17) is 0 Å². The molecule has 1 unspecified atom stereocenters. The fourth-order valence-electron chi connectivity index (χ4n) is 2.10. The lowest BCUT2D eigenvalue weighted by atomic mass is 10.1. The van der Waals surface area contributed by atoms with E-state index in [9.17, 15) is 22.4 Å². The Morgan fingerprint density at radius 3 is 2.14 bits per heavy atom. The van der Waals surface area contributed by atoms with Crippen molar-refractivity contribution in [2.75, 3.05) is 7.05 Å². The van der Waals surface area contributed by atoms with E-state index in [-0.39, 0.29) is 11.1 Å². The van der Waals surface area contributed by atoms with Crippen molar-refractivity contribution in [3.63, 3.8) is 0 Å². The topological polar surface area (TPSA) is 20.3 Å². The summed E-state index contributed by atoms with van der Waals surface area (Å²) in [6, 6.07) is 4.51. The average Bonchev–Trinajstić information content (AvgIpc) is 2.46. The number of hydrogen-bond acceptors (Lipinski definition) is 1. The predicted molar refractivity (Wildman–Crippen MR) is 73.2 cm³/mol. The van der Waals surface area contributed by atoms with Crippen LogP contribution in [-0.4, -0.2) is 17.9 Å². The summed E-state index contributed by atoms with van der Waals surface area (Å²) in [5, 5.41) is 0. The Labute approximate surface area is 125 Å². The molecule has 0 aliphatic heterocycles. The third kappa shape index (κ3) is 3.27. The highest BCUT2D eigenvalue weighted by atomic mass is 19.1. The largest absolute Gasteiger partial charge is 0.335 e. The molecule has 1 atom stereocenters. The Bertz CT molecular complexity index is 697. The quantitative estimate of drug-likeness (QED) is 0.782. The summed E-state index contributed by atoms with van der Waals surface area (Å²) in [6.45, 7) is 1.49. The highest BCUT2D eigenvalue weighted by molar-refractivity contribution is 5.94. The molecule has 22 heavy (non-hydrogen) atoms. The minimum Gasteiger partial charge on any atom is -0.335 e. The second-order valence-electron chi connectivity index (χ2n) is 4.92. The number of amides is 1. The van der Waals surface area contributed by atoms with Crippen LogP contribution >= 0.6 is 0 Å². The van der Waals surface area contributed by atoms with Crippen LogP contribution in [0.2, 0.25) is 0 Å². The van der Waals surface area contributed by atoms with Gasteiger partial charge in [0.05, 0.1) is 6.04 Å². The molecule has 0 radical (unpaired) electrons. The Morgan fingerprint density at radius 1 is 0.955 bits per heavy atom. The van der Waals surface area contributed by atoms with Gasteiger partial charge >= 0.3 is 0 Å². The SMILES string of the molecule is CC(c1cc(F)ccc1F)N(C)C(=O)c1cc(F)cc(F)c1. The second kappa shape index (κ2) is 6.17. The first kappa shape index (κ1) is 16.0. The zero-order chi connectivity index (χ0) is 16.4. The third-order valence-corrected chi connectivity index (χ3v) is 3.42. The van der Waals surface area contributed by atoms with Crippen LogP contribution in [0, 0.1) is 23.3 Å². The molecule has 0 N–H and O–H groups in total. The van der Waals surface area contributed by atoms with E-state index in [0.717, 1.165) is 35.2 Å². The molecule has 0 spiro atoms. The highest BCUT2D eigenvalue weighted by Gasteiger charge is 2.22. The van der Waals surface area contributed by atoms with Gasteiger partial charge in [0.1, 0.15) is 23.3 Å². The molecule has 0 aromatic heterocycles. The van der Waals surface area contributed by atoms with Gasteiger partial charge < -0.3 is 4.90 Å². The Kier molecular flexibility index (Phi) is 4.49. The number of halogens is 4. The van der Waals surface area contributed by atoms with Gasteiger partial charge in [-0.2, -0.15) is 0 Å². The smallest absolute Gasteiger partial charge is 0.254 e. The Morgan fingerprint density at radius 2 is 1.55 bits per heavy atom. The molecule has 0 bridgehead atoms. The zero-order valence-electron chi connectivity index (χ0n) is 11.9. The van der Waals surface area contributed by atoms with Crippen LogP contribution in [-0.2, 0) is 0 Å². The van der Waals surface area contributed by atoms with E-state index in [1.54, 1.807) is 0 Å². The molecule has 0 aliphatic carbocycles. The molecule has 0 heterocycles. The van der Waals surface area contributed by atoms with Gasteiger partial charge in [-0.25, -0.2) is 17.6 Å². The van der Waals surface area contributed by atoms with E-state index in [1.165, 1.54) is 14.0 Å². The van der Waals surface area contributed by atoms with Gasteiger partial charge in [0, 0.05) is 24.2 Å². The van der Waals surface area contributed by atoms with Gasteiger partial charge in [-0.1, -0.05) is 0 Å². The van der Waals surface area contributed by atoms with Crippen molar-refractivity contribution in [1.29, 1.82) is 0 Å². The van der Waals surface area contributed by atoms with E-state index >= 15 is 0 Å². The maximum Gasteiger partial charge on any atom is 0.254 e. The van der Waals surface area contributed by atoms with Gasteiger partial charge in [0.15, 0.2) is 0 Å². The summed E-state index contributed by atoms with van der Waals surface area (Å²) < 4.78 is 53.3. The molecule has 2 rings (SSSR count). The zero-order valence-corrected chi connectivity index (χ0v) is 11.9. The minimum atomic E-state index is -0.888. The van der Waals surface area contributed by atoms with Crippen molar-refractivity contribution in [1.82, 2.24) is 4.90 Å². The van der Waals surface area contributed by atoms with E-state index in [0.29, 0.717) is 6.07 Å². The molecule has 0 fully saturated rings. The van der Waals surface area contributed by atoms with Gasteiger partial charge in [-0.3, -0.25) is 4.79 Å². The van der Waals surface area contributed by atoms with Crippen LogP contribution < -0.4 is 0 Å². The molecule has 2 nitrogen and oxygen atoms in total. The van der Waals surface area contributed by atoms with Gasteiger partial charge in [0.25, 0.3) is 5.91 Å². The van der Waals surface area contributed by atoms with Crippen LogP contribution in [0.1, 0.15) is 28.9 Å². The number of nitrogens with zero attached hydrogens (tertiary/aromatic N) is 1. The number of benzene rings is 2. The second-order valence-corrected chi connectivity index (χ2v) is 4.92. The molecular formula is C16H13F4NO. The highest BCUT2D eigenvalue weighted by Crippen LogP contribution is 2.24. The number of rotatable bonds is 3. The number of carbonyl (C=O) groups is 1. The van der Waals surface area contributed by atoms with Gasteiger partial charge in [-0.15, -0.1) is 0 Å². The Hall–Kier alpha value is -2.37. The lowest BCUT2D eigenvalue weighted by Crippen LogP contribution is -2.30. The maximum atomic E-state index is 13.7. The standard InChI is InChI=1S/C16H13F4NO/c1-9(14-8-11(17)3-4-15(14)20)21(2)16(22)10-5-12(18)7-13(19)6-10/h3-9H,1-2H3. The summed E-state index contributed by atoms with van der Waals surface area (Å²) >= 11 is 0. The fourth-order valence-corrected chi connectivity index (χ4v) is 2.10. The van der Waals surface area contributed by atoms with Crippen molar-refractivity contribution in [3.05, 3.63) is 70.8 Å². The summed E-state index contributed by atoms with van der Waals surface area (Å²) in [5.74, 6) is -3.78. The average molecular weight is 311 g/mol. The van der Waals surface area contributed by atoms with Gasteiger partial charge in [-0.05, 0) is 37.3 Å². The summed E-state index contributed by atoms with van der Waals surface area (Å²) in [5.41, 5.74) is -0.226. The van der Waals surface area contributed by atoms with Gasteiger partial charge in [0.2, 0.25) is 0 Å². The molecule has 0 saturated heterocycles. The molecule has 2 aromatic rings. The number of carbonyl (C=O) groups excluding carboxylic acids is 1. The molecule has 1 amide bonds. The van der Waals surface area contributed by atoms with Crippen molar-refractivity contribution >= 4 is 5.91 Å². The van der Waals surface area contributed by atoms with Crippen molar-refractivity contribution in [2.24, 2.45) is 0 Å². The fraction of sp³-hybridized carbons (Fsp3) is 0.188. The molecule has 6 heteroatoms. The van der Waals surface area contributed by atoms with Crippen molar-refractivity contribution in [3.8, 4) is 0 Å². The maximum absolute atomic E-state index is 13.7. The van der Waals surface area contributed by atoms with Crippen LogP contribution in [0.5, 0.6) is 0 Å². The van der Waals surface area contributed by atoms with Crippen LogP contribution in [0.3, 0.4) is 0 Å². The predicted octanol–water partition coefficient (Wildman–Crippen LogP) is 4.08. The minimum absolute atomic E-state index is 0.0206. The lowest BCUT2D eigenvalue weighted by Gasteiger charge is -2.26. The summed E-state index contributed by atoms with van der Waals surface area (Å²) in [4.78, 5) is 13.3. The number of hydrogen-bond donors (Lipinski definition) is 0. The van der Waals surface area contributed by atoms with Crippen LogP contribution in [0.15, 0.2) is 36.4 Å². The van der Waals surface area contributed by atoms with E-state index in [2.05, 4.69) is 0 Å². The molecule has 116 valence electrons. The lowest BCUT2D eigenvalue weighted by molar-refractivity contribution is 0.0739. The van der Waals surface area contributed by atoms with Crippen molar-refractivity contribution < 1.29 is 22.4 Å². The first-order valence-corrected chi connectivity index (χ1v) is 6.48. The van der Waals surface area contributed by atoms with E-state index < -0.39 is 35.2 Å². The van der Waals surface area contributed by atoms with E-state index in [1.807, 2.05) is 0 Å². The molecule has 0 aliphatic rings. The first-order chi connectivity index (χ1) is 10.3. The Balaban J connectivity index is 2.31. The summed E-state index contributed by atoms with van der Waals surface area (Å²) in [7, 11) is 1.35. The normalized spacial score (nSPS) is 12.1. The molecular weight excluding hydrogens is 298 g/mol. The van der Waals surface area contributed by atoms with Crippen LogP contribution in [0.4, 0.5) is 17.6 Å². The monoisotopic (exact) mass is 311 g/mol. The van der Waals surface area contributed by atoms with Crippen molar-refractivity contribution in [2.45, 2.75) is 13.0 Å². The third-order valence-electron chi connectivity index (χ3n) is 3.42. The first-order valence-electron chi connectivity index (χ1n) is 6.48.